The van der Waals surface area contributed by atoms with Crippen LogP contribution in [0.2, 0.25) is 0 Å². The molecule has 0 saturated carbocycles. The van der Waals surface area contributed by atoms with Crippen LogP contribution in [0, 0.1) is 0 Å². The second-order valence-corrected chi connectivity index (χ2v) is 1.01. The molecule has 0 spiro atoms. The fourth-order valence-electron chi connectivity index (χ4n) is 0. The minimum Gasteiger partial charge on any atom is -0.479 e. The Morgan fingerprint density at radius 3 is 1.75 bits per heavy atom. The van der Waals surface area contributed by atoms with Crippen molar-refractivity contribution in [2.24, 2.45) is 0 Å². The van der Waals surface area contributed by atoms with Crippen LogP contribution in [0.25, 0.3) is 0 Å². The van der Waals surface area contributed by atoms with Crippen molar-refractivity contribution < 1.29 is 34.5 Å². The van der Waals surface area contributed by atoms with Gasteiger partial charge in [0.15, 0.2) is 0 Å². The summed E-state index contributed by atoms with van der Waals surface area (Å²) in [5.41, 5.74) is 0. The molecule has 3 nitrogen and oxygen atoms in total. The summed E-state index contributed by atoms with van der Waals surface area (Å²) in [5.74, 6) is -1.19. The summed E-state index contributed by atoms with van der Waals surface area (Å²) in [5, 5.41) is 15.8. The number of rotatable bonds is 1. The molecule has 0 aliphatic rings. The number of carbonyl (C=O) groups is 1. The molecule has 1 radical (unpaired) electrons. The maximum Gasteiger partial charge on any atom is 0.332 e. The van der Waals surface area contributed by atoms with Crippen molar-refractivity contribution in [3.63, 3.8) is 0 Å². The van der Waals surface area contributed by atoms with Crippen LogP contribution in [0.3, 0.4) is 0 Å². The largest absolute Gasteiger partial charge is 0.479 e. The Labute approximate surface area is 82.5 Å². The smallest absolute Gasteiger partial charge is 0.332 e. The maximum absolute atomic E-state index is 9.45. The van der Waals surface area contributed by atoms with Gasteiger partial charge in [0.1, 0.15) is 6.10 Å². The van der Waals surface area contributed by atoms with E-state index in [1.54, 1.807) is 0 Å². The molecule has 0 aromatic rings. The molecule has 0 aromatic carbocycles. The van der Waals surface area contributed by atoms with Crippen LogP contribution in [-0.4, -0.2) is 51.8 Å². The van der Waals surface area contributed by atoms with Crippen molar-refractivity contribution in [1.29, 1.82) is 0 Å². The Kier molecular flexibility index (Phi) is 16.1. The molecule has 0 amide bonds. The van der Waals surface area contributed by atoms with Crippen LogP contribution in [0.4, 0.5) is 0 Å². The average Bonchev–Trinajstić information content (AvgIpc) is 1.36. The van der Waals surface area contributed by atoms with E-state index in [1.165, 1.54) is 6.92 Å². The molecule has 2 N–H and O–H groups in total. The van der Waals surface area contributed by atoms with Crippen molar-refractivity contribution in [1.82, 2.24) is 0 Å². The third-order valence-electron chi connectivity index (χ3n) is 0.357. The molecule has 0 bridgehead atoms. The zero-order valence-corrected chi connectivity index (χ0v) is 10.1. The molecule has 0 fully saturated rings. The number of carboxylic acids is 1. The molecular formula is C3H6NaO3Zn. The zero-order valence-electron chi connectivity index (χ0n) is 5.09. The van der Waals surface area contributed by atoms with Gasteiger partial charge in [-0.3, -0.25) is 0 Å². The first-order valence-corrected chi connectivity index (χ1v) is 1.55. The van der Waals surface area contributed by atoms with Crippen LogP contribution in [0.1, 0.15) is 6.92 Å². The van der Waals surface area contributed by atoms with Gasteiger partial charge in [0.05, 0.1) is 0 Å². The van der Waals surface area contributed by atoms with Crippen LogP contribution >= 0.6 is 0 Å². The third-order valence-corrected chi connectivity index (χ3v) is 0.357. The Hall–Kier alpha value is 1.05. The molecule has 0 aliphatic heterocycles. The zero-order chi connectivity index (χ0) is 5.15. The van der Waals surface area contributed by atoms with Crippen molar-refractivity contribution in [2.45, 2.75) is 13.0 Å². The van der Waals surface area contributed by atoms with Crippen LogP contribution < -0.4 is 0 Å². The first-order chi connectivity index (χ1) is 2.64. The molecule has 5 heteroatoms. The molecule has 1 unspecified atom stereocenters. The summed E-state index contributed by atoms with van der Waals surface area (Å²) in [6.45, 7) is 1.20. The Bertz CT molecular complexity index is 65.5. The molecular weight excluding hydrogens is 172 g/mol. The fraction of sp³-hybridized carbons (Fsp3) is 0.667. The molecule has 0 heterocycles. The first-order valence-electron chi connectivity index (χ1n) is 1.55. The van der Waals surface area contributed by atoms with E-state index in [0.717, 1.165) is 0 Å². The van der Waals surface area contributed by atoms with Crippen molar-refractivity contribution >= 4 is 35.5 Å². The Morgan fingerprint density at radius 1 is 1.62 bits per heavy atom. The fourth-order valence-corrected chi connectivity index (χ4v) is 0. The SMILES string of the molecule is CC(O)C(=O)O.[Na].[Zn]. The van der Waals surface area contributed by atoms with Crippen LogP contribution in [0.15, 0.2) is 0 Å². The molecule has 0 rings (SSSR count). The van der Waals surface area contributed by atoms with Crippen LogP contribution in [0.5, 0.6) is 0 Å². The van der Waals surface area contributed by atoms with Gasteiger partial charge in [0, 0.05) is 49.0 Å². The number of aliphatic hydroxyl groups is 1. The molecule has 39 valence electrons. The van der Waals surface area contributed by atoms with Crippen molar-refractivity contribution in [3.05, 3.63) is 0 Å². The van der Waals surface area contributed by atoms with Gasteiger partial charge in [-0.05, 0) is 6.92 Å². The Morgan fingerprint density at radius 2 is 1.75 bits per heavy atom. The van der Waals surface area contributed by atoms with Crippen LogP contribution in [-0.2, 0) is 24.3 Å². The summed E-state index contributed by atoms with van der Waals surface area (Å²) in [4.78, 5) is 9.45. The number of aliphatic hydroxyl groups excluding tert-OH is 1. The van der Waals surface area contributed by atoms with Gasteiger partial charge in [0.25, 0.3) is 0 Å². The topological polar surface area (TPSA) is 57.5 Å². The van der Waals surface area contributed by atoms with Gasteiger partial charge >= 0.3 is 5.97 Å². The van der Waals surface area contributed by atoms with Gasteiger partial charge in [0.2, 0.25) is 0 Å². The summed E-state index contributed by atoms with van der Waals surface area (Å²) < 4.78 is 0. The molecule has 0 aromatic heterocycles. The normalized spacial score (nSPS) is 10.2. The maximum atomic E-state index is 9.45. The van der Waals surface area contributed by atoms with E-state index < -0.39 is 12.1 Å². The minimum absolute atomic E-state index is 0. The number of carboxylic acid groups (broad SMARTS) is 1. The third kappa shape index (κ3) is 10.1. The van der Waals surface area contributed by atoms with E-state index in [1.807, 2.05) is 0 Å². The van der Waals surface area contributed by atoms with E-state index in [4.69, 9.17) is 10.2 Å². The van der Waals surface area contributed by atoms with E-state index in [9.17, 15) is 4.79 Å². The summed E-state index contributed by atoms with van der Waals surface area (Å²) in [6, 6.07) is 0. The average molecular weight is 178 g/mol. The van der Waals surface area contributed by atoms with E-state index in [2.05, 4.69) is 0 Å². The van der Waals surface area contributed by atoms with E-state index >= 15 is 0 Å². The van der Waals surface area contributed by atoms with Gasteiger partial charge in [-0.2, -0.15) is 0 Å². The van der Waals surface area contributed by atoms with E-state index in [-0.39, 0.29) is 49.0 Å². The second-order valence-electron chi connectivity index (χ2n) is 1.01. The summed E-state index contributed by atoms with van der Waals surface area (Å²) >= 11 is 0. The van der Waals surface area contributed by atoms with Gasteiger partial charge < -0.3 is 10.2 Å². The molecule has 1 atom stereocenters. The standard InChI is InChI=1S/C3H6O3.Na.Zn/c1-2(4)3(5)6;;/h2,4H,1H3,(H,5,6);;. The van der Waals surface area contributed by atoms with Gasteiger partial charge in [-0.25, -0.2) is 4.79 Å². The summed E-state index contributed by atoms with van der Waals surface area (Å²) in [7, 11) is 0. The van der Waals surface area contributed by atoms with E-state index in [0.29, 0.717) is 0 Å². The van der Waals surface area contributed by atoms with Gasteiger partial charge in [-0.1, -0.05) is 0 Å². The molecule has 0 aliphatic carbocycles. The minimum atomic E-state index is -1.23. The molecule has 0 saturated heterocycles. The number of aliphatic carboxylic acids is 1. The predicted molar refractivity (Wildman–Crippen MR) is 25.1 cm³/mol. The quantitative estimate of drug-likeness (QED) is 0.510. The first kappa shape index (κ1) is 16.0. The molecule has 8 heavy (non-hydrogen) atoms. The summed E-state index contributed by atoms with van der Waals surface area (Å²) in [6.07, 6.45) is -1.23. The number of hydrogen-bond donors (Lipinski definition) is 2. The second kappa shape index (κ2) is 8.05. The Balaban J connectivity index is -0.000000125. The van der Waals surface area contributed by atoms with Crippen molar-refractivity contribution in [3.8, 4) is 0 Å². The predicted octanol–water partition coefficient (Wildman–Crippen LogP) is -0.931. The van der Waals surface area contributed by atoms with Crippen molar-refractivity contribution in [2.75, 3.05) is 0 Å². The number of hydrogen-bond acceptors (Lipinski definition) is 2. The monoisotopic (exact) mass is 177 g/mol. The van der Waals surface area contributed by atoms with Gasteiger partial charge in [-0.15, -0.1) is 0 Å².